The summed E-state index contributed by atoms with van der Waals surface area (Å²) in [5.74, 6) is 0.0709. The number of carbonyl (C=O) groups excluding carboxylic acids is 1. The number of rotatable bonds is 7. The lowest BCUT2D eigenvalue weighted by atomic mass is 10.3. The molecule has 0 radical (unpaired) electrons. The molecule has 27 heavy (non-hydrogen) atoms. The first-order valence-electron chi connectivity index (χ1n) is 8.05. The molecule has 2 aromatic heterocycles. The molecule has 0 fully saturated rings. The van der Waals surface area contributed by atoms with Crippen molar-refractivity contribution in [3.63, 3.8) is 0 Å². The largest absolute Gasteiger partial charge is 0.345 e. The molecule has 0 bridgehead atoms. The Morgan fingerprint density at radius 3 is 2.85 bits per heavy atom. The van der Waals surface area contributed by atoms with E-state index in [0.717, 1.165) is 0 Å². The normalized spacial score (nSPS) is 11.3. The molecule has 7 nitrogen and oxygen atoms in total. The first-order chi connectivity index (χ1) is 12.9. The number of imidazole rings is 1. The molecular formula is C17H16ClF2N5O2. The topological polar surface area (TPSA) is 81.9 Å². The number of hydrogen-bond acceptors (Lipinski definition) is 5. The predicted molar refractivity (Wildman–Crippen MR) is 94.6 cm³/mol. The van der Waals surface area contributed by atoms with E-state index >= 15 is 0 Å². The van der Waals surface area contributed by atoms with Gasteiger partial charge in [0.15, 0.2) is 0 Å². The highest BCUT2D eigenvalue weighted by molar-refractivity contribution is 6.31. The number of fused-ring (bicyclic) bond motifs is 1. The van der Waals surface area contributed by atoms with Crippen molar-refractivity contribution in [3.05, 3.63) is 52.8 Å². The highest BCUT2D eigenvalue weighted by Gasteiger charge is 2.14. The molecule has 0 aliphatic heterocycles. The lowest BCUT2D eigenvalue weighted by Gasteiger charge is -2.10. The maximum Gasteiger partial charge on any atom is 0.345 e. The van der Waals surface area contributed by atoms with Gasteiger partial charge in [-0.3, -0.25) is 9.78 Å². The number of aromatic nitrogens is 4. The Bertz CT molecular complexity index is 946. The molecule has 3 rings (SSSR count). The minimum absolute atomic E-state index is 0.0787. The summed E-state index contributed by atoms with van der Waals surface area (Å²) in [6, 6.07) is 5.09. The van der Waals surface area contributed by atoms with Crippen LogP contribution in [-0.4, -0.2) is 38.6 Å². The Labute approximate surface area is 158 Å². The van der Waals surface area contributed by atoms with Crippen molar-refractivity contribution in [2.75, 3.05) is 6.61 Å². The summed E-state index contributed by atoms with van der Waals surface area (Å²) in [4.78, 5) is 24.7. The molecule has 2 heterocycles. The van der Waals surface area contributed by atoms with Gasteiger partial charge in [-0.25, -0.2) is 9.97 Å². The van der Waals surface area contributed by atoms with Crippen LogP contribution in [0.15, 0.2) is 30.6 Å². The predicted octanol–water partition coefficient (Wildman–Crippen LogP) is 2.96. The summed E-state index contributed by atoms with van der Waals surface area (Å²) >= 11 is 5.99. The summed E-state index contributed by atoms with van der Waals surface area (Å²) in [6.07, 6.45) is 2.87. The molecule has 0 atom stereocenters. The van der Waals surface area contributed by atoms with Gasteiger partial charge >= 0.3 is 6.61 Å². The Morgan fingerprint density at radius 1 is 1.33 bits per heavy atom. The molecule has 1 aromatic carbocycles. The van der Waals surface area contributed by atoms with Gasteiger partial charge in [-0.15, -0.1) is 0 Å². The average molecular weight is 396 g/mol. The molecule has 0 spiro atoms. The van der Waals surface area contributed by atoms with Gasteiger partial charge in [0.05, 0.1) is 36.1 Å². The van der Waals surface area contributed by atoms with Crippen LogP contribution in [-0.2, 0) is 17.8 Å². The van der Waals surface area contributed by atoms with Gasteiger partial charge in [0.1, 0.15) is 11.5 Å². The quantitative estimate of drug-likeness (QED) is 0.665. The van der Waals surface area contributed by atoms with Gasteiger partial charge < -0.3 is 14.6 Å². The number of halogens is 3. The smallest absolute Gasteiger partial charge is 0.343 e. The SMILES string of the molecule is Cc1cnc(C(=O)NCc2nc3cc(Cl)ccc3n2CCOC(F)F)cn1. The van der Waals surface area contributed by atoms with Crippen molar-refractivity contribution in [1.82, 2.24) is 24.8 Å². The Hall–Kier alpha value is -2.65. The second kappa shape index (κ2) is 8.36. The number of nitrogens with one attached hydrogen (secondary N) is 1. The third-order valence-electron chi connectivity index (χ3n) is 3.77. The maximum absolute atomic E-state index is 12.3. The second-order valence-electron chi connectivity index (χ2n) is 5.67. The fourth-order valence-electron chi connectivity index (χ4n) is 2.53. The number of carbonyl (C=O) groups is 1. The fourth-order valence-corrected chi connectivity index (χ4v) is 2.70. The molecular weight excluding hydrogens is 380 g/mol. The van der Waals surface area contributed by atoms with Crippen LogP contribution in [0.4, 0.5) is 8.78 Å². The fraction of sp³-hybridized carbons (Fsp3) is 0.294. The molecule has 1 amide bonds. The minimum atomic E-state index is -2.85. The number of amides is 1. The van der Waals surface area contributed by atoms with Gasteiger partial charge in [0, 0.05) is 17.8 Å². The third-order valence-corrected chi connectivity index (χ3v) is 4.00. The number of benzene rings is 1. The van der Waals surface area contributed by atoms with Gasteiger partial charge in [0.2, 0.25) is 0 Å². The van der Waals surface area contributed by atoms with E-state index in [2.05, 4.69) is 25.0 Å². The zero-order valence-corrected chi connectivity index (χ0v) is 15.1. The summed E-state index contributed by atoms with van der Waals surface area (Å²) in [5, 5.41) is 3.20. The van der Waals surface area contributed by atoms with Gasteiger partial charge in [-0.2, -0.15) is 8.78 Å². The summed E-state index contributed by atoms with van der Waals surface area (Å²) in [5.41, 5.74) is 2.17. The van der Waals surface area contributed by atoms with E-state index < -0.39 is 12.5 Å². The number of alkyl halides is 2. The maximum atomic E-state index is 12.3. The zero-order chi connectivity index (χ0) is 19.4. The van der Waals surface area contributed by atoms with Crippen molar-refractivity contribution in [3.8, 4) is 0 Å². The first kappa shape index (κ1) is 19.1. The van der Waals surface area contributed by atoms with E-state index in [1.54, 1.807) is 29.7 Å². The Morgan fingerprint density at radius 2 is 2.15 bits per heavy atom. The van der Waals surface area contributed by atoms with Crippen LogP contribution in [0.25, 0.3) is 11.0 Å². The van der Waals surface area contributed by atoms with Crippen molar-refractivity contribution in [2.45, 2.75) is 26.6 Å². The van der Waals surface area contributed by atoms with E-state index in [0.29, 0.717) is 27.6 Å². The molecule has 0 aliphatic carbocycles. The summed E-state index contributed by atoms with van der Waals surface area (Å²) in [6.45, 7) is -1.05. The Kier molecular flexibility index (Phi) is 5.92. The molecule has 0 saturated heterocycles. The van der Waals surface area contributed by atoms with Crippen LogP contribution >= 0.6 is 11.6 Å². The number of ether oxygens (including phenoxy) is 1. The summed E-state index contributed by atoms with van der Waals surface area (Å²) < 4.78 is 30.6. The van der Waals surface area contributed by atoms with Crippen LogP contribution in [0.3, 0.4) is 0 Å². The van der Waals surface area contributed by atoms with Crippen LogP contribution in [0.2, 0.25) is 5.02 Å². The van der Waals surface area contributed by atoms with Crippen molar-refractivity contribution in [2.24, 2.45) is 0 Å². The molecule has 142 valence electrons. The average Bonchev–Trinajstić information content (AvgIpc) is 2.96. The second-order valence-corrected chi connectivity index (χ2v) is 6.11. The van der Waals surface area contributed by atoms with Crippen molar-refractivity contribution < 1.29 is 18.3 Å². The minimum Gasteiger partial charge on any atom is -0.343 e. The molecule has 0 aliphatic rings. The Balaban J connectivity index is 1.79. The van der Waals surface area contributed by atoms with Crippen molar-refractivity contribution in [1.29, 1.82) is 0 Å². The highest BCUT2D eigenvalue weighted by Crippen LogP contribution is 2.21. The number of hydrogen-bond donors (Lipinski definition) is 1. The van der Waals surface area contributed by atoms with Crippen LogP contribution in [0.5, 0.6) is 0 Å². The van der Waals surface area contributed by atoms with Crippen LogP contribution in [0, 0.1) is 6.92 Å². The van der Waals surface area contributed by atoms with Crippen LogP contribution < -0.4 is 5.32 Å². The lowest BCUT2D eigenvalue weighted by molar-refractivity contribution is -0.130. The number of aryl methyl sites for hydroxylation is 1. The van der Waals surface area contributed by atoms with E-state index in [4.69, 9.17) is 11.6 Å². The van der Waals surface area contributed by atoms with Gasteiger partial charge in [0.25, 0.3) is 5.91 Å². The lowest BCUT2D eigenvalue weighted by Crippen LogP contribution is -2.26. The highest BCUT2D eigenvalue weighted by atomic mass is 35.5. The van der Waals surface area contributed by atoms with E-state index in [9.17, 15) is 13.6 Å². The molecule has 0 saturated carbocycles. The van der Waals surface area contributed by atoms with Gasteiger partial charge in [-0.1, -0.05) is 11.6 Å². The summed E-state index contributed by atoms with van der Waals surface area (Å²) in [7, 11) is 0. The van der Waals surface area contributed by atoms with Gasteiger partial charge in [-0.05, 0) is 25.1 Å². The van der Waals surface area contributed by atoms with Crippen molar-refractivity contribution >= 4 is 28.5 Å². The molecule has 0 unspecified atom stereocenters. The van der Waals surface area contributed by atoms with Crippen LogP contribution in [0.1, 0.15) is 22.0 Å². The first-order valence-corrected chi connectivity index (χ1v) is 8.43. The van der Waals surface area contributed by atoms with E-state index in [1.807, 2.05) is 0 Å². The third kappa shape index (κ3) is 4.75. The monoisotopic (exact) mass is 395 g/mol. The molecule has 1 N–H and O–H groups in total. The van der Waals surface area contributed by atoms with E-state index in [1.165, 1.54) is 12.4 Å². The standard InChI is InChI=1S/C17H16ClF2N5O2/c1-10-7-22-13(8-21-10)16(26)23-9-15-24-12-6-11(18)2-3-14(12)25(15)4-5-27-17(19)20/h2-3,6-8,17H,4-5,9H2,1H3,(H,23,26). The zero-order valence-electron chi connectivity index (χ0n) is 14.3. The number of nitrogens with zero attached hydrogens (tertiary/aromatic N) is 4. The van der Waals surface area contributed by atoms with E-state index in [-0.39, 0.29) is 25.4 Å². The molecule has 3 aromatic rings. The molecule has 10 heteroatoms.